The van der Waals surface area contributed by atoms with Crippen LogP contribution < -0.4 is 0 Å². The summed E-state index contributed by atoms with van der Waals surface area (Å²) in [5.41, 5.74) is 1.47. The van der Waals surface area contributed by atoms with Gasteiger partial charge in [0, 0.05) is 18.0 Å². The maximum atomic E-state index is 11.4. The fraction of sp³-hybridized carbons (Fsp3) is 0.312. The molecule has 124 valence electrons. The van der Waals surface area contributed by atoms with Gasteiger partial charge in [-0.1, -0.05) is 31.5 Å². The number of carboxylic acids is 1. The lowest BCUT2D eigenvalue weighted by molar-refractivity contribution is -0.136. The fourth-order valence-corrected chi connectivity index (χ4v) is 3.24. The number of carboxylic acid groups (broad SMARTS) is 1. The van der Waals surface area contributed by atoms with Crippen molar-refractivity contribution in [1.29, 1.82) is 0 Å². The van der Waals surface area contributed by atoms with E-state index in [0.717, 1.165) is 18.4 Å². The molecular formula is C16H17N5O2S. The van der Waals surface area contributed by atoms with E-state index in [1.165, 1.54) is 11.8 Å². The molecule has 3 heterocycles. The summed E-state index contributed by atoms with van der Waals surface area (Å²) in [4.78, 5) is 15.4. The number of aromatic nitrogens is 5. The molecule has 8 heteroatoms. The first-order valence-electron chi connectivity index (χ1n) is 7.71. The van der Waals surface area contributed by atoms with Gasteiger partial charge in [0.1, 0.15) is 10.3 Å². The molecule has 0 saturated carbocycles. The van der Waals surface area contributed by atoms with Crippen molar-refractivity contribution in [1.82, 2.24) is 24.8 Å². The Morgan fingerprint density at radius 3 is 2.75 bits per heavy atom. The minimum absolute atomic E-state index is 0.504. The smallest absolute Gasteiger partial charge is 0.317 e. The molecule has 0 fully saturated rings. The SMILES string of the molecule is CCCCC(Sc1ccc2nnc(-c3ccncc3)n2n1)C(=O)O. The van der Waals surface area contributed by atoms with Crippen molar-refractivity contribution < 1.29 is 9.90 Å². The maximum absolute atomic E-state index is 11.4. The summed E-state index contributed by atoms with van der Waals surface area (Å²) in [7, 11) is 0. The van der Waals surface area contributed by atoms with Crippen molar-refractivity contribution >= 4 is 23.4 Å². The van der Waals surface area contributed by atoms with Gasteiger partial charge >= 0.3 is 5.97 Å². The van der Waals surface area contributed by atoms with E-state index in [1.54, 1.807) is 29.0 Å². The van der Waals surface area contributed by atoms with Crippen molar-refractivity contribution in [3.05, 3.63) is 36.7 Å². The number of rotatable bonds is 7. The molecule has 0 amide bonds. The highest BCUT2D eigenvalue weighted by molar-refractivity contribution is 8.00. The fourth-order valence-electron chi connectivity index (χ4n) is 2.28. The molecule has 0 aliphatic rings. The van der Waals surface area contributed by atoms with Gasteiger partial charge in [-0.25, -0.2) is 0 Å². The van der Waals surface area contributed by atoms with E-state index in [2.05, 4.69) is 20.3 Å². The van der Waals surface area contributed by atoms with Gasteiger partial charge in [0.25, 0.3) is 0 Å². The molecule has 0 spiro atoms. The van der Waals surface area contributed by atoms with Gasteiger partial charge in [-0.15, -0.1) is 10.2 Å². The summed E-state index contributed by atoms with van der Waals surface area (Å²) in [6, 6.07) is 7.25. The van der Waals surface area contributed by atoms with Gasteiger partial charge in [0.15, 0.2) is 11.5 Å². The Kier molecular flexibility index (Phi) is 5.05. The third-order valence-electron chi connectivity index (χ3n) is 3.54. The molecule has 3 aromatic heterocycles. The summed E-state index contributed by atoms with van der Waals surface area (Å²) >= 11 is 1.26. The summed E-state index contributed by atoms with van der Waals surface area (Å²) in [5, 5.41) is 22.3. The number of thioether (sulfide) groups is 1. The molecule has 0 aliphatic heterocycles. The van der Waals surface area contributed by atoms with Crippen LogP contribution in [0.3, 0.4) is 0 Å². The van der Waals surface area contributed by atoms with Crippen LogP contribution in [0.2, 0.25) is 0 Å². The zero-order valence-electron chi connectivity index (χ0n) is 13.2. The lowest BCUT2D eigenvalue weighted by Crippen LogP contribution is -2.16. The van der Waals surface area contributed by atoms with Crippen LogP contribution >= 0.6 is 11.8 Å². The highest BCUT2D eigenvalue weighted by Crippen LogP contribution is 2.26. The van der Waals surface area contributed by atoms with E-state index in [1.807, 2.05) is 19.1 Å². The standard InChI is InChI=1S/C16H17N5O2S/c1-2-3-4-12(16(22)23)24-14-6-5-13-18-19-15(21(13)20-14)11-7-9-17-10-8-11/h5-10,12H,2-4H2,1H3,(H,22,23). The monoisotopic (exact) mass is 343 g/mol. The van der Waals surface area contributed by atoms with Gasteiger partial charge in [-0.05, 0) is 30.7 Å². The number of hydrogen-bond acceptors (Lipinski definition) is 6. The number of aliphatic carboxylic acids is 1. The van der Waals surface area contributed by atoms with Crippen LogP contribution in [0.25, 0.3) is 17.0 Å². The minimum atomic E-state index is -0.812. The average molecular weight is 343 g/mol. The van der Waals surface area contributed by atoms with Crippen LogP contribution in [0.1, 0.15) is 26.2 Å². The molecule has 1 N–H and O–H groups in total. The van der Waals surface area contributed by atoms with Crippen molar-refractivity contribution in [2.75, 3.05) is 0 Å². The Balaban J connectivity index is 1.91. The van der Waals surface area contributed by atoms with Crippen LogP contribution in [0, 0.1) is 0 Å². The van der Waals surface area contributed by atoms with E-state index in [4.69, 9.17) is 0 Å². The molecule has 24 heavy (non-hydrogen) atoms. The molecule has 7 nitrogen and oxygen atoms in total. The summed E-state index contributed by atoms with van der Waals surface area (Å²) in [6.07, 6.45) is 5.82. The third-order valence-corrected chi connectivity index (χ3v) is 4.72. The van der Waals surface area contributed by atoms with E-state index in [9.17, 15) is 9.90 Å². The predicted octanol–water partition coefficient (Wildman–Crippen LogP) is 2.92. The first kappa shape index (κ1) is 16.4. The number of carbonyl (C=O) groups is 1. The highest BCUT2D eigenvalue weighted by Gasteiger charge is 2.20. The van der Waals surface area contributed by atoms with Gasteiger partial charge in [0.2, 0.25) is 0 Å². The first-order chi connectivity index (χ1) is 11.7. The number of hydrogen-bond donors (Lipinski definition) is 1. The van der Waals surface area contributed by atoms with E-state index >= 15 is 0 Å². The molecule has 0 aliphatic carbocycles. The van der Waals surface area contributed by atoms with Crippen LogP contribution in [0.15, 0.2) is 41.7 Å². The van der Waals surface area contributed by atoms with Crippen molar-refractivity contribution in [3.8, 4) is 11.4 Å². The Morgan fingerprint density at radius 2 is 2.04 bits per heavy atom. The Hall–Kier alpha value is -2.48. The summed E-state index contributed by atoms with van der Waals surface area (Å²) in [5.74, 6) is -0.205. The topological polar surface area (TPSA) is 93.3 Å². The Morgan fingerprint density at radius 1 is 1.25 bits per heavy atom. The van der Waals surface area contributed by atoms with Crippen LogP contribution in [-0.2, 0) is 4.79 Å². The van der Waals surface area contributed by atoms with Gasteiger partial charge in [0.05, 0.1) is 0 Å². The van der Waals surface area contributed by atoms with Crippen LogP contribution in [0.5, 0.6) is 0 Å². The van der Waals surface area contributed by atoms with Crippen molar-refractivity contribution in [2.45, 2.75) is 36.5 Å². The second-order valence-corrected chi connectivity index (χ2v) is 6.51. The normalized spacial score (nSPS) is 12.4. The van der Waals surface area contributed by atoms with E-state index in [0.29, 0.717) is 22.9 Å². The largest absolute Gasteiger partial charge is 0.480 e. The van der Waals surface area contributed by atoms with Crippen molar-refractivity contribution in [3.63, 3.8) is 0 Å². The molecule has 0 radical (unpaired) electrons. The molecule has 3 aromatic rings. The highest BCUT2D eigenvalue weighted by atomic mass is 32.2. The van der Waals surface area contributed by atoms with Gasteiger partial charge in [-0.2, -0.15) is 9.61 Å². The lowest BCUT2D eigenvalue weighted by Gasteiger charge is -2.10. The molecule has 1 unspecified atom stereocenters. The van der Waals surface area contributed by atoms with Crippen LogP contribution in [0.4, 0.5) is 0 Å². The van der Waals surface area contributed by atoms with Crippen molar-refractivity contribution in [2.24, 2.45) is 0 Å². The molecule has 0 bridgehead atoms. The lowest BCUT2D eigenvalue weighted by atomic mass is 10.2. The van der Waals surface area contributed by atoms with Gasteiger partial charge in [-0.3, -0.25) is 9.78 Å². The Bertz CT molecular complexity index is 837. The third kappa shape index (κ3) is 3.53. The first-order valence-corrected chi connectivity index (χ1v) is 8.59. The molecule has 3 rings (SSSR count). The minimum Gasteiger partial charge on any atom is -0.480 e. The summed E-state index contributed by atoms with van der Waals surface area (Å²) < 4.78 is 1.64. The average Bonchev–Trinajstić information content (AvgIpc) is 3.02. The quantitative estimate of drug-likeness (QED) is 0.659. The second kappa shape index (κ2) is 7.39. The summed E-state index contributed by atoms with van der Waals surface area (Å²) in [6.45, 7) is 2.05. The predicted molar refractivity (Wildman–Crippen MR) is 90.8 cm³/mol. The zero-order valence-corrected chi connectivity index (χ0v) is 14.0. The maximum Gasteiger partial charge on any atom is 0.317 e. The van der Waals surface area contributed by atoms with E-state index < -0.39 is 11.2 Å². The number of nitrogens with zero attached hydrogens (tertiary/aromatic N) is 5. The zero-order chi connectivity index (χ0) is 16.9. The van der Waals surface area contributed by atoms with E-state index in [-0.39, 0.29) is 0 Å². The second-order valence-electron chi connectivity index (χ2n) is 5.29. The number of pyridine rings is 1. The number of fused-ring (bicyclic) bond motifs is 1. The van der Waals surface area contributed by atoms with Gasteiger partial charge < -0.3 is 5.11 Å². The molecular weight excluding hydrogens is 326 g/mol. The Labute approximate surface area is 143 Å². The molecule has 0 aromatic carbocycles. The molecule has 1 atom stereocenters. The van der Waals surface area contributed by atoms with Crippen LogP contribution in [-0.4, -0.2) is 41.1 Å². The molecule has 0 saturated heterocycles. The number of unbranched alkanes of at least 4 members (excludes halogenated alkanes) is 1.